The van der Waals surface area contributed by atoms with Gasteiger partial charge in [-0.3, -0.25) is 0 Å². The summed E-state index contributed by atoms with van der Waals surface area (Å²) in [5.41, 5.74) is 2.34. The Morgan fingerprint density at radius 3 is 2.61 bits per heavy atom. The number of nitrogens with one attached hydrogen (secondary N) is 1. The number of thiocarbonyl (C=S) groups is 1. The van der Waals surface area contributed by atoms with Crippen molar-refractivity contribution in [1.29, 1.82) is 5.26 Å². The summed E-state index contributed by atoms with van der Waals surface area (Å²) >= 11 is 5.67. The number of hydrogen-bond donors (Lipinski definition) is 1. The van der Waals surface area contributed by atoms with E-state index in [9.17, 15) is 4.79 Å². The first-order chi connectivity index (χ1) is 13.6. The third kappa shape index (κ3) is 4.12. The highest BCUT2D eigenvalue weighted by atomic mass is 32.1. The van der Waals surface area contributed by atoms with Gasteiger partial charge in [0.15, 0.2) is 11.7 Å². The Morgan fingerprint density at radius 1 is 1.32 bits per heavy atom. The monoisotopic (exact) mass is 399 g/mol. The van der Waals surface area contributed by atoms with Gasteiger partial charge in [0.1, 0.15) is 11.8 Å². The van der Waals surface area contributed by atoms with E-state index >= 15 is 0 Å². The lowest BCUT2D eigenvalue weighted by Crippen LogP contribution is -2.51. The summed E-state index contributed by atoms with van der Waals surface area (Å²) in [5, 5.41) is 12.6. The maximum Gasteiger partial charge on any atom is 0.338 e. The fraction of sp³-hybridized carbons (Fsp3) is 0.476. The summed E-state index contributed by atoms with van der Waals surface area (Å²) in [6.45, 7) is 4.07. The average molecular weight is 400 g/mol. The van der Waals surface area contributed by atoms with Gasteiger partial charge in [-0.05, 0) is 56.6 Å². The second kappa shape index (κ2) is 9.07. The quantitative estimate of drug-likeness (QED) is 0.579. The topological polar surface area (TPSA) is 74.6 Å². The van der Waals surface area contributed by atoms with Crippen LogP contribution in [0.1, 0.15) is 51.1 Å². The molecular formula is C21H25N3O3S. The first-order valence-electron chi connectivity index (χ1n) is 9.64. The third-order valence-electron chi connectivity index (χ3n) is 5.23. The Morgan fingerprint density at radius 2 is 2.00 bits per heavy atom. The van der Waals surface area contributed by atoms with Gasteiger partial charge < -0.3 is 19.7 Å². The number of rotatable bonds is 6. The molecule has 3 rings (SSSR count). The Balaban J connectivity index is 1.96. The smallest absolute Gasteiger partial charge is 0.338 e. The zero-order valence-electron chi connectivity index (χ0n) is 16.2. The number of carbonyl (C=O) groups excluding carboxylic acids is 1. The van der Waals surface area contributed by atoms with Crippen LogP contribution in [0.3, 0.4) is 0 Å². The second-order valence-electron chi connectivity index (χ2n) is 6.93. The van der Waals surface area contributed by atoms with E-state index in [2.05, 4.69) is 10.2 Å². The average Bonchev–Trinajstić information content (AvgIpc) is 3.20. The predicted octanol–water partition coefficient (Wildman–Crippen LogP) is 3.60. The molecule has 0 spiro atoms. The molecule has 6 nitrogen and oxygen atoms in total. The molecule has 1 saturated carbocycles. The van der Waals surface area contributed by atoms with Crippen molar-refractivity contribution in [3.05, 3.63) is 41.1 Å². The van der Waals surface area contributed by atoms with Crippen molar-refractivity contribution in [2.75, 3.05) is 13.2 Å². The van der Waals surface area contributed by atoms with Crippen LogP contribution in [-0.4, -0.2) is 35.2 Å². The highest BCUT2D eigenvalue weighted by Gasteiger charge is 2.38. The van der Waals surface area contributed by atoms with Gasteiger partial charge in [-0.2, -0.15) is 5.26 Å². The van der Waals surface area contributed by atoms with E-state index in [1.807, 2.05) is 25.1 Å². The number of allylic oxidation sites excluding steroid dienone is 1. The number of benzene rings is 1. The minimum atomic E-state index is -0.380. The van der Waals surface area contributed by atoms with Crippen LogP contribution in [0.5, 0.6) is 5.75 Å². The number of hydrogen-bond acceptors (Lipinski definition) is 5. The number of nitrogens with zero attached hydrogens (tertiary/aromatic N) is 2. The third-order valence-corrected chi connectivity index (χ3v) is 5.54. The number of esters is 1. The van der Waals surface area contributed by atoms with Crippen LogP contribution >= 0.6 is 12.2 Å². The summed E-state index contributed by atoms with van der Waals surface area (Å²) in [7, 11) is 0. The molecule has 1 fully saturated rings. The fourth-order valence-electron chi connectivity index (χ4n) is 3.95. The van der Waals surface area contributed by atoms with Crippen molar-refractivity contribution in [1.82, 2.24) is 10.2 Å². The molecule has 7 heteroatoms. The van der Waals surface area contributed by atoms with Crippen molar-refractivity contribution < 1.29 is 14.3 Å². The van der Waals surface area contributed by atoms with Crippen LogP contribution in [0.25, 0.3) is 0 Å². The molecule has 0 saturated heterocycles. The predicted molar refractivity (Wildman–Crippen MR) is 109 cm³/mol. The van der Waals surface area contributed by atoms with Gasteiger partial charge in [0.05, 0.1) is 18.2 Å². The SMILES string of the molecule is CCOC(=O)C1=C(C)N(C2CCCC2)C(=S)N[C@H]1c1ccc(OCC#N)cc1. The van der Waals surface area contributed by atoms with Crippen LogP contribution in [0.2, 0.25) is 0 Å². The Bertz CT molecular complexity index is 807. The van der Waals surface area contributed by atoms with E-state index in [-0.39, 0.29) is 18.6 Å². The van der Waals surface area contributed by atoms with E-state index in [4.69, 9.17) is 27.0 Å². The standard InChI is InChI=1S/C21H25N3O3S/c1-3-26-20(25)18-14(2)24(16-6-4-5-7-16)21(28)23-19(18)15-8-10-17(11-9-15)27-13-12-22/h8-11,16,19H,3-7,13H2,1-2H3,(H,23,28)/t19-/m0/s1. The van der Waals surface area contributed by atoms with E-state index < -0.39 is 0 Å². The van der Waals surface area contributed by atoms with Gasteiger partial charge in [0.2, 0.25) is 0 Å². The first kappa shape index (κ1) is 20.2. The van der Waals surface area contributed by atoms with Crippen molar-refractivity contribution in [2.24, 2.45) is 0 Å². The lowest BCUT2D eigenvalue weighted by atomic mass is 9.94. The minimum absolute atomic E-state index is 0.00541. The normalized spacial score (nSPS) is 20.0. The zero-order valence-corrected chi connectivity index (χ0v) is 17.1. The van der Waals surface area contributed by atoms with E-state index in [1.165, 1.54) is 12.8 Å². The molecule has 148 valence electrons. The van der Waals surface area contributed by atoms with Crippen molar-refractivity contribution >= 4 is 23.3 Å². The molecule has 0 amide bonds. The van der Waals surface area contributed by atoms with Crippen molar-refractivity contribution in [3.8, 4) is 11.8 Å². The molecular weight excluding hydrogens is 374 g/mol. The van der Waals surface area contributed by atoms with Crippen LogP contribution < -0.4 is 10.1 Å². The second-order valence-corrected chi connectivity index (χ2v) is 7.31. The highest BCUT2D eigenvalue weighted by molar-refractivity contribution is 7.80. The lowest BCUT2D eigenvalue weighted by molar-refractivity contribution is -0.139. The van der Waals surface area contributed by atoms with Crippen LogP contribution in [0.15, 0.2) is 35.5 Å². The molecule has 28 heavy (non-hydrogen) atoms. The molecule has 1 heterocycles. The molecule has 1 atom stereocenters. The van der Waals surface area contributed by atoms with E-state index in [0.29, 0.717) is 29.1 Å². The van der Waals surface area contributed by atoms with Gasteiger partial charge >= 0.3 is 5.97 Å². The van der Waals surface area contributed by atoms with Gasteiger partial charge in [0, 0.05) is 11.7 Å². The summed E-state index contributed by atoms with van der Waals surface area (Å²) in [6, 6.07) is 9.23. The maximum absolute atomic E-state index is 12.8. The van der Waals surface area contributed by atoms with E-state index in [0.717, 1.165) is 24.1 Å². The number of ether oxygens (including phenoxy) is 2. The summed E-state index contributed by atoms with van der Waals surface area (Å²) in [6.07, 6.45) is 4.51. The molecule has 1 aliphatic heterocycles. The van der Waals surface area contributed by atoms with Crippen LogP contribution in [-0.2, 0) is 9.53 Å². The van der Waals surface area contributed by atoms with Gasteiger partial charge in [-0.15, -0.1) is 0 Å². The van der Waals surface area contributed by atoms with Crippen molar-refractivity contribution in [3.63, 3.8) is 0 Å². The minimum Gasteiger partial charge on any atom is -0.479 e. The number of carbonyl (C=O) groups is 1. The molecule has 0 bridgehead atoms. The molecule has 1 N–H and O–H groups in total. The summed E-state index contributed by atoms with van der Waals surface area (Å²) in [5.74, 6) is 0.280. The Hall–Kier alpha value is -2.59. The van der Waals surface area contributed by atoms with Gasteiger partial charge in [-0.1, -0.05) is 25.0 Å². The van der Waals surface area contributed by atoms with Crippen molar-refractivity contribution in [2.45, 2.75) is 51.6 Å². The lowest BCUT2D eigenvalue weighted by Gasteiger charge is -2.40. The Labute approximate surface area is 171 Å². The van der Waals surface area contributed by atoms with Crippen LogP contribution in [0, 0.1) is 11.3 Å². The summed E-state index contributed by atoms with van der Waals surface area (Å²) < 4.78 is 10.7. The largest absolute Gasteiger partial charge is 0.479 e. The highest BCUT2D eigenvalue weighted by Crippen LogP contribution is 2.36. The molecule has 0 unspecified atom stereocenters. The molecule has 1 aliphatic carbocycles. The Kier molecular flexibility index (Phi) is 6.53. The molecule has 0 aromatic heterocycles. The molecule has 1 aromatic rings. The van der Waals surface area contributed by atoms with Gasteiger partial charge in [0.25, 0.3) is 0 Å². The maximum atomic E-state index is 12.8. The molecule has 0 radical (unpaired) electrons. The zero-order chi connectivity index (χ0) is 20.1. The van der Waals surface area contributed by atoms with Gasteiger partial charge in [-0.25, -0.2) is 4.79 Å². The molecule has 1 aromatic carbocycles. The summed E-state index contributed by atoms with van der Waals surface area (Å²) in [4.78, 5) is 14.9. The van der Waals surface area contributed by atoms with Crippen LogP contribution in [0.4, 0.5) is 0 Å². The first-order valence-corrected chi connectivity index (χ1v) is 10.0. The van der Waals surface area contributed by atoms with E-state index in [1.54, 1.807) is 19.1 Å². The molecule has 2 aliphatic rings. The fourth-order valence-corrected chi connectivity index (χ4v) is 4.36. The number of nitriles is 1.